The molecule has 98 valence electrons. The molecule has 17 heavy (non-hydrogen) atoms. The minimum Gasteiger partial charge on any atom is -0.298 e. The highest BCUT2D eigenvalue weighted by atomic mass is 15.3. The molecule has 0 aromatic heterocycles. The van der Waals surface area contributed by atoms with Crippen LogP contribution in [0.4, 0.5) is 0 Å². The third-order valence-corrected chi connectivity index (χ3v) is 5.40. The van der Waals surface area contributed by atoms with Crippen LogP contribution in [0, 0.1) is 5.92 Å². The van der Waals surface area contributed by atoms with Gasteiger partial charge in [-0.05, 0) is 38.1 Å². The van der Waals surface area contributed by atoms with E-state index < -0.39 is 0 Å². The molecule has 0 amide bonds. The Hall–Kier alpha value is -0.0800. The first-order valence-corrected chi connectivity index (χ1v) is 7.82. The molecular weight excluding hydrogens is 208 g/mol. The van der Waals surface area contributed by atoms with Gasteiger partial charge < -0.3 is 0 Å². The summed E-state index contributed by atoms with van der Waals surface area (Å²) >= 11 is 0. The predicted molar refractivity (Wildman–Crippen MR) is 72.2 cm³/mol. The van der Waals surface area contributed by atoms with Crippen LogP contribution in [0.25, 0.3) is 0 Å². The van der Waals surface area contributed by atoms with Crippen molar-refractivity contribution in [1.82, 2.24) is 9.80 Å². The Morgan fingerprint density at radius 2 is 1.53 bits per heavy atom. The van der Waals surface area contributed by atoms with Crippen LogP contribution >= 0.6 is 0 Å². The molecule has 0 radical (unpaired) electrons. The van der Waals surface area contributed by atoms with Gasteiger partial charge in [0.05, 0.1) is 0 Å². The maximum atomic E-state index is 2.84. The van der Waals surface area contributed by atoms with E-state index in [1.165, 1.54) is 71.1 Å². The first-order chi connectivity index (χ1) is 8.34. The van der Waals surface area contributed by atoms with E-state index in [4.69, 9.17) is 0 Å². The summed E-state index contributed by atoms with van der Waals surface area (Å²) in [4.78, 5) is 5.60. The van der Waals surface area contributed by atoms with Gasteiger partial charge in [0.25, 0.3) is 0 Å². The van der Waals surface area contributed by atoms with Crippen LogP contribution in [0.3, 0.4) is 0 Å². The van der Waals surface area contributed by atoms with Gasteiger partial charge in [-0.3, -0.25) is 9.80 Å². The van der Waals surface area contributed by atoms with E-state index in [0.29, 0.717) is 0 Å². The Morgan fingerprint density at radius 3 is 2.41 bits per heavy atom. The Morgan fingerprint density at radius 1 is 0.765 bits per heavy atom. The second-order valence-electron chi connectivity index (χ2n) is 6.51. The first-order valence-electron chi connectivity index (χ1n) is 7.82. The van der Waals surface area contributed by atoms with E-state index in [1.807, 2.05) is 0 Å². The summed E-state index contributed by atoms with van der Waals surface area (Å²) in [6, 6.07) is 1.81. The molecule has 2 aliphatic heterocycles. The van der Waals surface area contributed by atoms with Crippen molar-refractivity contribution in [3.63, 3.8) is 0 Å². The molecule has 0 N–H and O–H groups in total. The maximum Gasteiger partial charge on any atom is 0.0223 e. The summed E-state index contributed by atoms with van der Waals surface area (Å²) < 4.78 is 0. The quantitative estimate of drug-likeness (QED) is 0.691. The van der Waals surface area contributed by atoms with Crippen molar-refractivity contribution in [1.29, 1.82) is 0 Å². The molecule has 0 spiro atoms. The van der Waals surface area contributed by atoms with Gasteiger partial charge in [0.15, 0.2) is 0 Å². The first kappa shape index (κ1) is 12.0. The zero-order valence-corrected chi connectivity index (χ0v) is 11.4. The van der Waals surface area contributed by atoms with Gasteiger partial charge in [0.2, 0.25) is 0 Å². The number of hydrogen-bond donors (Lipinski definition) is 0. The Balaban J connectivity index is 1.60. The maximum absolute atomic E-state index is 2.84. The molecule has 0 aromatic carbocycles. The normalized spacial score (nSPS) is 41.1. The second kappa shape index (κ2) is 5.27. The summed E-state index contributed by atoms with van der Waals surface area (Å²) in [5.41, 5.74) is 0. The average molecular weight is 236 g/mol. The van der Waals surface area contributed by atoms with Crippen molar-refractivity contribution in [3.05, 3.63) is 0 Å². The molecule has 3 rings (SSSR count). The summed E-state index contributed by atoms with van der Waals surface area (Å²) in [5, 5.41) is 0. The second-order valence-corrected chi connectivity index (χ2v) is 6.51. The van der Waals surface area contributed by atoms with Crippen LogP contribution in [-0.4, -0.2) is 48.1 Å². The van der Waals surface area contributed by atoms with Crippen LogP contribution in [0.2, 0.25) is 0 Å². The van der Waals surface area contributed by atoms with Crippen molar-refractivity contribution < 1.29 is 0 Å². The van der Waals surface area contributed by atoms with Crippen LogP contribution < -0.4 is 0 Å². The van der Waals surface area contributed by atoms with Crippen molar-refractivity contribution >= 4 is 0 Å². The van der Waals surface area contributed by atoms with Crippen molar-refractivity contribution in [3.8, 4) is 0 Å². The number of nitrogens with zero attached hydrogens (tertiary/aromatic N) is 2. The van der Waals surface area contributed by atoms with E-state index in [2.05, 4.69) is 16.7 Å². The van der Waals surface area contributed by atoms with Gasteiger partial charge in [0.1, 0.15) is 0 Å². The topological polar surface area (TPSA) is 6.48 Å². The highest BCUT2D eigenvalue weighted by Crippen LogP contribution is 2.31. The number of fused-ring (bicyclic) bond motifs is 1. The van der Waals surface area contributed by atoms with E-state index in [-0.39, 0.29) is 0 Å². The van der Waals surface area contributed by atoms with Gasteiger partial charge in [-0.25, -0.2) is 0 Å². The fraction of sp³-hybridized carbons (Fsp3) is 1.00. The third-order valence-electron chi connectivity index (χ3n) is 5.40. The molecular formula is C15H28N2. The summed E-state index contributed by atoms with van der Waals surface area (Å²) in [7, 11) is 0. The van der Waals surface area contributed by atoms with Gasteiger partial charge >= 0.3 is 0 Å². The highest BCUT2D eigenvalue weighted by molar-refractivity contribution is 4.90. The van der Waals surface area contributed by atoms with Crippen molar-refractivity contribution in [2.45, 2.75) is 64.0 Å². The number of hydrogen-bond acceptors (Lipinski definition) is 2. The molecule has 0 bridgehead atoms. The summed E-state index contributed by atoms with van der Waals surface area (Å²) in [5.74, 6) is 0.943. The van der Waals surface area contributed by atoms with E-state index in [1.54, 1.807) is 0 Å². The van der Waals surface area contributed by atoms with Crippen molar-refractivity contribution in [2.24, 2.45) is 5.92 Å². The molecule has 3 atom stereocenters. The SMILES string of the molecule is CC1CCCCC1N1CCN2CCCCC2C1. The van der Waals surface area contributed by atoms with E-state index in [9.17, 15) is 0 Å². The highest BCUT2D eigenvalue weighted by Gasteiger charge is 2.34. The van der Waals surface area contributed by atoms with E-state index >= 15 is 0 Å². The molecule has 3 aliphatic rings. The fourth-order valence-corrected chi connectivity index (χ4v) is 4.32. The minimum absolute atomic E-state index is 0.895. The van der Waals surface area contributed by atoms with Gasteiger partial charge in [-0.15, -0.1) is 0 Å². The Labute approximate surface area is 106 Å². The van der Waals surface area contributed by atoms with Gasteiger partial charge in [0, 0.05) is 31.7 Å². The smallest absolute Gasteiger partial charge is 0.0223 e. The van der Waals surface area contributed by atoms with Crippen LogP contribution in [0.1, 0.15) is 51.9 Å². The zero-order valence-electron chi connectivity index (χ0n) is 11.4. The lowest BCUT2D eigenvalue weighted by molar-refractivity contribution is 0.00433. The standard InChI is InChI=1S/C15H28N2/c1-13-6-2-3-8-15(13)17-11-10-16-9-5-4-7-14(16)12-17/h13-15H,2-12H2,1H3. The molecule has 0 aromatic rings. The number of rotatable bonds is 1. The lowest BCUT2D eigenvalue weighted by atomic mass is 9.84. The molecule has 3 unspecified atom stereocenters. The summed E-state index contributed by atoms with van der Waals surface area (Å²) in [6.45, 7) is 7.91. The third kappa shape index (κ3) is 2.53. The molecule has 2 heterocycles. The molecule has 1 aliphatic carbocycles. The average Bonchev–Trinajstić information content (AvgIpc) is 2.39. The summed E-state index contributed by atoms with van der Waals surface area (Å²) in [6.07, 6.45) is 10.2. The van der Waals surface area contributed by atoms with Crippen LogP contribution in [0.15, 0.2) is 0 Å². The minimum atomic E-state index is 0.895. The number of piperidine rings is 1. The Kier molecular flexibility index (Phi) is 3.72. The fourth-order valence-electron chi connectivity index (χ4n) is 4.32. The lowest BCUT2D eigenvalue weighted by Crippen LogP contribution is -2.58. The molecule has 2 heteroatoms. The molecule has 2 nitrogen and oxygen atoms in total. The predicted octanol–water partition coefficient (Wildman–Crippen LogP) is 2.74. The van der Waals surface area contributed by atoms with Crippen LogP contribution in [0.5, 0.6) is 0 Å². The molecule has 3 fully saturated rings. The number of piperazine rings is 1. The monoisotopic (exact) mass is 236 g/mol. The zero-order chi connectivity index (χ0) is 11.7. The van der Waals surface area contributed by atoms with Crippen molar-refractivity contribution in [2.75, 3.05) is 26.2 Å². The lowest BCUT2D eigenvalue weighted by Gasteiger charge is -2.48. The van der Waals surface area contributed by atoms with Crippen LogP contribution in [-0.2, 0) is 0 Å². The van der Waals surface area contributed by atoms with E-state index in [0.717, 1.165) is 18.0 Å². The largest absolute Gasteiger partial charge is 0.298 e. The molecule has 2 saturated heterocycles. The van der Waals surface area contributed by atoms with Gasteiger partial charge in [-0.2, -0.15) is 0 Å². The Bertz CT molecular complexity index is 253. The molecule has 1 saturated carbocycles. The van der Waals surface area contributed by atoms with Gasteiger partial charge in [-0.1, -0.05) is 26.2 Å².